The predicted molar refractivity (Wildman–Crippen MR) is 104 cm³/mol. The summed E-state index contributed by atoms with van der Waals surface area (Å²) in [5.41, 5.74) is 0.101. The van der Waals surface area contributed by atoms with Gasteiger partial charge in [-0.25, -0.2) is 0 Å². The Morgan fingerprint density at radius 3 is 2.55 bits per heavy atom. The molecule has 0 spiro atoms. The van der Waals surface area contributed by atoms with Crippen LogP contribution in [0.3, 0.4) is 0 Å². The van der Waals surface area contributed by atoms with Gasteiger partial charge in [-0.3, -0.25) is 24.6 Å². The summed E-state index contributed by atoms with van der Waals surface area (Å²) < 4.78 is 10.3. The molecule has 0 bridgehead atoms. The molecule has 2 aromatic rings. The van der Waals surface area contributed by atoms with Crippen LogP contribution in [0.1, 0.15) is 17.5 Å². The zero-order chi connectivity index (χ0) is 21.0. The summed E-state index contributed by atoms with van der Waals surface area (Å²) in [4.78, 5) is 39.1. The van der Waals surface area contributed by atoms with Crippen LogP contribution in [-0.4, -0.2) is 65.9 Å². The lowest BCUT2D eigenvalue weighted by Gasteiger charge is -2.37. The first-order valence-corrected chi connectivity index (χ1v) is 9.11. The zero-order valence-corrected chi connectivity index (χ0v) is 16.2. The minimum absolute atomic E-state index is 0.140. The van der Waals surface area contributed by atoms with Gasteiger partial charge in [0.05, 0.1) is 30.0 Å². The molecule has 0 unspecified atom stereocenters. The molecule has 3 rings (SSSR count). The molecule has 2 amide bonds. The first-order valence-electron chi connectivity index (χ1n) is 9.11. The molecule has 1 saturated heterocycles. The molecule has 2 heterocycles. The van der Waals surface area contributed by atoms with E-state index >= 15 is 0 Å². The number of rotatable bonds is 6. The van der Waals surface area contributed by atoms with Gasteiger partial charge in [-0.1, -0.05) is 0 Å². The summed E-state index contributed by atoms with van der Waals surface area (Å²) in [6.45, 7) is 3.73. The van der Waals surface area contributed by atoms with Gasteiger partial charge < -0.3 is 19.4 Å². The van der Waals surface area contributed by atoms with E-state index in [-0.39, 0.29) is 23.2 Å². The number of benzene rings is 1. The molecule has 1 atom stereocenters. The fourth-order valence-corrected chi connectivity index (χ4v) is 3.18. The van der Waals surface area contributed by atoms with Gasteiger partial charge in [0.2, 0.25) is 5.91 Å². The minimum atomic E-state index is -0.534. The fraction of sp³-hybridized carbons (Fsp3) is 0.368. The van der Waals surface area contributed by atoms with Gasteiger partial charge in [-0.15, -0.1) is 0 Å². The Bertz CT molecular complexity index is 890. The Hall–Kier alpha value is -3.40. The van der Waals surface area contributed by atoms with E-state index in [2.05, 4.69) is 5.32 Å². The number of furan rings is 1. The van der Waals surface area contributed by atoms with Crippen LogP contribution >= 0.6 is 0 Å². The van der Waals surface area contributed by atoms with Gasteiger partial charge in [0.1, 0.15) is 5.75 Å². The topological polar surface area (TPSA) is 118 Å². The molecule has 154 valence electrons. The minimum Gasteiger partial charge on any atom is -0.495 e. The van der Waals surface area contributed by atoms with Gasteiger partial charge in [-0.05, 0) is 25.1 Å². The van der Waals surface area contributed by atoms with Crippen molar-refractivity contribution in [3.05, 3.63) is 52.5 Å². The third kappa shape index (κ3) is 4.54. The van der Waals surface area contributed by atoms with Gasteiger partial charge in [0, 0.05) is 38.3 Å². The third-order valence-corrected chi connectivity index (χ3v) is 4.91. The summed E-state index contributed by atoms with van der Waals surface area (Å²) in [5, 5.41) is 13.7. The lowest BCUT2D eigenvalue weighted by molar-refractivity contribution is -0.384. The van der Waals surface area contributed by atoms with Gasteiger partial charge in [0.25, 0.3) is 11.6 Å². The predicted octanol–water partition coefficient (Wildman–Crippen LogP) is 1.98. The normalized spacial score (nSPS) is 15.6. The highest BCUT2D eigenvalue weighted by molar-refractivity contribution is 5.96. The molecule has 0 radical (unpaired) electrons. The van der Waals surface area contributed by atoms with Crippen molar-refractivity contribution in [3.63, 3.8) is 0 Å². The fourth-order valence-electron chi connectivity index (χ4n) is 3.18. The number of methoxy groups -OCH3 is 1. The van der Waals surface area contributed by atoms with Crippen LogP contribution in [0.25, 0.3) is 0 Å². The maximum absolute atomic E-state index is 12.7. The third-order valence-electron chi connectivity index (χ3n) is 4.91. The summed E-state index contributed by atoms with van der Waals surface area (Å²) in [7, 11) is 1.43. The SMILES string of the molecule is COc1ccc([N+](=O)[O-])cc1NC(=O)[C@@H](C)N1CCN(C(=O)c2ccco2)CC1. The van der Waals surface area contributed by atoms with Crippen LogP contribution in [0.4, 0.5) is 11.4 Å². The average Bonchev–Trinajstić information content (AvgIpc) is 3.27. The molecule has 29 heavy (non-hydrogen) atoms. The first kappa shape index (κ1) is 20.3. The van der Waals surface area contributed by atoms with Crippen molar-refractivity contribution in [1.82, 2.24) is 9.80 Å². The zero-order valence-electron chi connectivity index (χ0n) is 16.2. The Kier molecular flexibility index (Phi) is 6.13. The van der Waals surface area contributed by atoms with Crippen LogP contribution in [0, 0.1) is 10.1 Å². The number of nitrogens with one attached hydrogen (secondary N) is 1. The second-order valence-electron chi connectivity index (χ2n) is 6.61. The number of piperazine rings is 1. The van der Waals surface area contributed by atoms with Crippen molar-refractivity contribution >= 4 is 23.2 Å². The van der Waals surface area contributed by atoms with E-state index in [0.29, 0.717) is 37.7 Å². The van der Waals surface area contributed by atoms with Crippen molar-refractivity contribution in [2.75, 3.05) is 38.6 Å². The van der Waals surface area contributed by atoms with Gasteiger partial charge >= 0.3 is 0 Å². The molecular weight excluding hydrogens is 380 g/mol. The lowest BCUT2D eigenvalue weighted by Crippen LogP contribution is -2.54. The van der Waals surface area contributed by atoms with Crippen molar-refractivity contribution in [2.24, 2.45) is 0 Å². The summed E-state index contributed by atoms with van der Waals surface area (Å²) in [6, 6.07) is 6.82. The Morgan fingerprint density at radius 1 is 1.24 bits per heavy atom. The number of carbonyl (C=O) groups excluding carboxylic acids is 2. The Balaban J connectivity index is 1.61. The highest BCUT2D eigenvalue weighted by Gasteiger charge is 2.29. The Morgan fingerprint density at radius 2 is 1.97 bits per heavy atom. The molecule has 1 aliphatic rings. The van der Waals surface area contributed by atoms with Gasteiger partial charge in [-0.2, -0.15) is 0 Å². The second kappa shape index (κ2) is 8.74. The maximum atomic E-state index is 12.7. The number of ether oxygens (including phenoxy) is 1. The molecule has 0 saturated carbocycles. The number of amides is 2. The quantitative estimate of drug-likeness (QED) is 0.580. The molecule has 10 heteroatoms. The van der Waals surface area contributed by atoms with E-state index in [1.165, 1.54) is 31.6 Å². The number of nitro benzene ring substituents is 1. The molecular formula is C19H22N4O6. The summed E-state index contributed by atoms with van der Waals surface area (Å²) in [5.74, 6) is 0.148. The number of non-ortho nitro benzene ring substituents is 1. The molecule has 1 fully saturated rings. The lowest BCUT2D eigenvalue weighted by atomic mass is 10.2. The van der Waals surface area contributed by atoms with Gasteiger partial charge in [0.15, 0.2) is 5.76 Å². The number of nitrogens with zero attached hydrogens (tertiary/aromatic N) is 3. The van der Waals surface area contributed by atoms with Crippen LogP contribution in [0.5, 0.6) is 5.75 Å². The van der Waals surface area contributed by atoms with Crippen LogP contribution in [0.15, 0.2) is 41.0 Å². The Labute approximate surface area is 167 Å². The maximum Gasteiger partial charge on any atom is 0.289 e. The van der Waals surface area contributed by atoms with Crippen molar-refractivity contribution in [2.45, 2.75) is 13.0 Å². The molecule has 1 N–H and O–H groups in total. The van der Waals surface area contributed by atoms with E-state index in [4.69, 9.17) is 9.15 Å². The largest absolute Gasteiger partial charge is 0.495 e. The standard InChI is InChI=1S/C19H22N4O6/c1-13(18(24)20-15-12-14(23(26)27)5-6-16(15)28-2)21-7-9-22(10-8-21)19(25)17-4-3-11-29-17/h3-6,11-13H,7-10H2,1-2H3,(H,20,24)/t13-/m1/s1. The van der Waals surface area contributed by atoms with Crippen LogP contribution in [0.2, 0.25) is 0 Å². The molecule has 0 aliphatic carbocycles. The second-order valence-corrected chi connectivity index (χ2v) is 6.61. The van der Waals surface area contributed by atoms with E-state index in [1.807, 2.05) is 4.90 Å². The molecule has 1 aromatic heterocycles. The highest BCUT2D eigenvalue weighted by atomic mass is 16.6. The van der Waals surface area contributed by atoms with E-state index in [9.17, 15) is 19.7 Å². The molecule has 1 aromatic carbocycles. The van der Waals surface area contributed by atoms with Crippen LogP contribution < -0.4 is 10.1 Å². The highest BCUT2D eigenvalue weighted by Crippen LogP contribution is 2.29. The molecule has 10 nitrogen and oxygen atoms in total. The van der Waals surface area contributed by atoms with E-state index in [0.717, 1.165) is 0 Å². The number of hydrogen-bond acceptors (Lipinski definition) is 7. The van der Waals surface area contributed by atoms with Crippen molar-refractivity contribution in [1.29, 1.82) is 0 Å². The van der Waals surface area contributed by atoms with E-state index in [1.54, 1.807) is 24.0 Å². The van der Waals surface area contributed by atoms with Crippen molar-refractivity contribution in [3.8, 4) is 5.75 Å². The van der Waals surface area contributed by atoms with Crippen LogP contribution in [-0.2, 0) is 4.79 Å². The average molecular weight is 402 g/mol. The summed E-state index contributed by atoms with van der Waals surface area (Å²) >= 11 is 0. The molecule has 1 aliphatic heterocycles. The van der Waals surface area contributed by atoms with Crippen molar-refractivity contribution < 1.29 is 23.7 Å². The number of hydrogen-bond donors (Lipinski definition) is 1. The first-order chi connectivity index (χ1) is 13.9. The number of nitro groups is 1. The number of anilines is 1. The van der Waals surface area contributed by atoms with E-state index < -0.39 is 11.0 Å². The summed E-state index contributed by atoms with van der Waals surface area (Å²) in [6.07, 6.45) is 1.46. The monoisotopic (exact) mass is 402 g/mol. The number of carbonyl (C=O) groups is 2. The smallest absolute Gasteiger partial charge is 0.289 e.